The van der Waals surface area contributed by atoms with E-state index >= 15 is 0 Å². The van der Waals surface area contributed by atoms with Crippen LogP contribution in [-0.2, 0) is 15.0 Å². The quantitative estimate of drug-likeness (QED) is 0.864. The number of nitrogens with one attached hydrogen (secondary N) is 1. The Bertz CT molecular complexity index is 789. The molecule has 0 bridgehead atoms. The highest BCUT2D eigenvalue weighted by molar-refractivity contribution is 5.90. The van der Waals surface area contributed by atoms with E-state index < -0.39 is 29.6 Å². The van der Waals surface area contributed by atoms with Crippen LogP contribution in [0.25, 0.3) is 0 Å². The minimum Gasteiger partial charge on any atom is -0.483 e. The highest BCUT2D eigenvalue weighted by Gasteiger charge is 2.30. The third-order valence-corrected chi connectivity index (χ3v) is 3.91. The molecule has 0 radical (unpaired) electrons. The van der Waals surface area contributed by atoms with Crippen LogP contribution in [0.5, 0.6) is 5.75 Å². The normalized spacial score (nSPS) is 11.1. The van der Waals surface area contributed by atoms with E-state index in [2.05, 4.69) is 5.32 Å². The van der Waals surface area contributed by atoms with Gasteiger partial charge in [0.1, 0.15) is 6.61 Å². The fourth-order valence-corrected chi connectivity index (χ4v) is 2.27. The minimum atomic E-state index is -1.25. The molecule has 132 valence electrons. The molecule has 4 nitrogen and oxygen atoms in total. The predicted molar refractivity (Wildman–Crippen MR) is 90.6 cm³/mol. The van der Waals surface area contributed by atoms with Crippen LogP contribution < -0.4 is 10.1 Å². The molecule has 0 spiro atoms. The van der Waals surface area contributed by atoms with Gasteiger partial charge in [-0.05, 0) is 31.5 Å². The third-order valence-electron chi connectivity index (χ3n) is 3.91. The van der Waals surface area contributed by atoms with Crippen molar-refractivity contribution < 1.29 is 23.1 Å². The highest BCUT2D eigenvalue weighted by Crippen LogP contribution is 2.28. The number of Topliss-reactive ketones (excluding diaryl/α,β-unsaturated/α-hetero) is 1. The summed E-state index contributed by atoms with van der Waals surface area (Å²) in [5, 5.41) is 2.18. The van der Waals surface area contributed by atoms with Crippen molar-refractivity contribution in [1.29, 1.82) is 0 Å². The molecule has 0 atom stereocenters. The maximum Gasteiger partial charge on any atom is 0.221 e. The lowest BCUT2D eigenvalue weighted by molar-refractivity contribution is -0.125. The van der Waals surface area contributed by atoms with Crippen molar-refractivity contribution in [2.75, 3.05) is 11.9 Å². The zero-order valence-corrected chi connectivity index (χ0v) is 14.2. The second-order valence-electron chi connectivity index (χ2n) is 6.12. The molecule has 0 unspecified atom stereocenters. The summed E-state index contributed by atoms with van der Waals surface area (Å²) in [6, 6.07) is 11.5. The van der Waals surface area contributed by atoms with E-state index in [4.69, 9.17) is 4.74 Å². The minimum absolute atomic E-state index is 0.274. The van der Waals surface area contributed by atoms with Gasteiger partial charge in [-0.3, -0.25) is 9.59 Å². The largest absolute Gasteiger partial charge is 0.483 e. The van der Waals surface area contributed by atoms with Crippen molar-refractivity contribution in [2.45, 2.75) is 26.2 Å². The predicted octanol–water partition coefficient (Wildman–Crippen LogP) is 3.85. The number of carbonyl (C=O) groups excluding carboxylic acids is 2. The van der Waals surface area contributed by atoms with Crippen LogP contribution in [0.1, 0.15) is 26.3 Å². The summed E-state index contributed by atoms with van der Waals surface area (Å²) in [6.07, 6.45) is 0. The Hall–Kier alpha value is -2.76. The van der Waals surface area contributed by atoms with Gasteiger partial charge in [-0.2, -0.15) is 4.39 Å². The van der Waals surface area contributed by atoms with Gasteiger partial charge in [0.2, 0.25) is 11.7 Å². The molecule has 0 aliphatic rings. The fraction of sp³-hybridized carbons (Fsp3) is 0.263. The van der Waals surface area contributed by atoms with Crippen molar-refractivity contribution in [3.8, 4) is 5.75 Å². The molecule has 6 heteroatoms. The van der Waals surface area contributed by atoms with Crippen LogP contribution in [0.3, 0.4) is 0 Å². The summed E-state index contributed by atoms with van der Waals surface area (Å²) in [6.45, 7) is 4.26. The smallest absolute Gasteiger partial charge is 0.221 e. The first-order valence-electron chi connectivity index (χ1n) is 7.70. The summed E-state index contributed by atoms with van der Waals surface area (Å²) < 4.78 is 33.1. The first-order valence-corrected chi connectivity index (χ1v) is 7.70. The molecular formula is C19H19F2NO3. The molecule has 25 heavy (non-hydrogen) atoms. The number of hydrogen-bond acceptors (Lipinski definition) is 3. The molecule has 0 fully saturated rings. The molecule has 1 N–H and O–H groups in total. The Morgan fingerprint density at radius 2 is 1.68 bits per heavy atom. The zero-order chi connectivity index (χ0) is 18.6. The lowest BCUT2D eigenvalue weighted by Gasteiger charge is -2.23. The Morgan fingerprint density at radius 3 is 2.28 bits per heavy atom. The summed E-state index contributed by atoms with van der Waals surface area (Å²) in [7, 11) is 0. The standard InChI is InChI=1S/C19H19F2NO3/c1-12(23)22-14-9-10-15(18(21)17(14)20)25-11-16(24)19(2,3)13-7-5-4-6-8-13/h4-10H,11H2,1-3H3,(H,22,23). The maximum absolute atomic E-state index is 14.0. The Kier molecular flexibility index (Phi) is 5.51. The van der Waals surface area contributed by atoms with Gasteiger partial charge >= 0.3 is 0 Å². The number of halogens is 2. The molecule has 2 aromatic rings. The van der Waals surface area contributed by atoms with Crippen molar-refractivity contribution in [2.24, 2.45) is 0 Å². The average Bonchev–Trinajstić information content (AvgIpc) is 2.58. The van der Waals surface area contributed by atoms with E-state index in [0.29, 0.717) is 0 Å². The van der Waals surface area contributed by atoms with E-state index in [0.717, 1.165) is 5.56 Å². The topological polar surface area (TPSA) is 55.4 Å². The van der Waals surface area contributed by atoms with Crippen LogP contribution in [0.4, 0.5) is 14.5 Å². The fourth-order valence-electron chi connectivity index (χ4n) is 2.27. The Morgan fingerprint density at radius 1 is 1.04 bits per heavy atom. The second kappa shape index (κ2) is 7.42. The zero-order valence-electron chi connectivity index (χ0n) is 14.2. The lowest BCUT2D eigenvalue weighted by Crippen LogP contribution is -2.33. The van der Waals surface area contributed by atoms with Crippen LogP contribution >= 0.6 is 0 Å². The molecule has 2 aromatic carbocycles. The van der Waals surface area contributed by atoms with Gasteiger partial charge in [-0.1, -0.05) is 30.3 Å². The number of anilines is 1. The molecular weight excluding hydrogens is 328 g/mol. The van der Waals surface area contributed by atoms with Gasteiger partial charge < -0.3 is 10.1 Å². The van der Waals surface area contributed by atoms with Gasteiger partial charge in [0.05, 0.1) is 11.1 Å². The maximum atomic E-state index is 14.0. The van der Waals surface area contributed by atoms with Crippen molar-refractivity contribution in [3.63, 3.8) is 0 Å². The Balaban J connectivity index is 2.12. The lowest BCUT2D eigenvalue weighted by atomic mass is 9.81. The second-order valence-corrected chi connectivity index (χ2v) is 6.12. The number of ether oxygens (including phenoxy) is 1. The SMILES string of the molecule is CC(=O)Nc1ccc(OCC(=O)C(C)(C)c2ccccc2)c(F)c1F. The first-order chi connectivity index (χ1) is 11.7. The van der Waals surface area contributed by atoms with Crippen LogP contribution in [0, 0.1) is 11.6 Å². The monoisotopic (exact) mass is 347 g/mol. The van der Waals surface area contributed by atoms with Crippen LogP contribution in [0.2, 0.25) is 0 Å². The van der Waals surface area contributed by atoms with E-state index in [9.17, 15) is 18.4 Å². The number of amides is 1. The summed E-state index contributed by atoms with van der Waals surface area (Å²) >= 11 is 0. The molecule has 0 aliphatic heterocycles. The van der Waals surface area contributed by atoms with Crippen LogP contribution in [0.15, 0.2) is 42.5 Å². The Labute approximate surface area is 144 Å². The number of benzene rings is 2. The van der Waals surface area contributed by atoms with E-state index in [-0.39, 0.29) is 17.2 Å². The van der Waals surface area contributed by atoms with E-state index in [1.165, 1.54) is 19.1 Å². The number of rotatable bonds is 6. The molecule has 0 heterocycles. The molecule has 0 saturated carbocycles. The summed E-state index contributed by atoms with van der Waals surface area (Å²) in [5.41, 5.74) is -0.309. The molecule has 2 rings (SSSR count). The average molecular weight is 347 g/mol. The van der Waals surface area contributed by atoms with Gasteiger partial charge in [-0.25, -0.2) is 4.39 Å². The van der Waals surface area contributed by atoms with Crippen molar-refractivity contribution >= 4 is 17.4 Å². The van der Waals surface area contributed by atoms with Crippen molar-refractivity contribution in [1.82, 2.24) is 0 Å². The molecule has 0 saturated heterocycles. The summed E-state index contributed by atoms with van der Waals surface area (Å²) in [4.78, 5) is 23.4. The van der Waals surface area contributed by atoms with Gasteiger partial charge in [0, 0.05) is 6.92 Å². The van der Waals surface area contributed by atoms with Crippen molar-refractivity contribution in [3.05, 3.63) is 59.7 Å². The number of hydrogen-bond donors (Lipinski definition) is 1. The van der Waals surface area contributed by atoms with Crippen LogP contribution in [-0.4, -0.2) is 18.3 Å². The van der Waals surface area contributed by atoms with Gasteiger partial charge in [0.25, 0.3) is 0 Å². The number of ketones is 1. The highest BCUT2D eigenvalue weighted by atomic mass is 19.2. The summed E-state index contributed by atoms with van der Waals surface area (Å²) in [5.74, 6) is -3.67. The number of carbonyl (C=O) groups is 2. The molecule has 0 aromatic heterocycles. The van der Waals surface area contributed by atoms with E-state index in [1.54, 1.807) is 13.8 Å². The molecule has 0 aliphatic carbocycles. The van der Waals surface area contributed by atoms with E-state index in [1.807, 2.05) is 30.3 Å². The van der Waals surface area contributed by atoms with Gasteiger partial charge in [0.15, 0.2) is 17.3 Å². The third kappa shape index (κ3) is 4.21. The first kappa shape index (κ1) is 18.6. The van der Waals surface area contributed by atoms with Gasteiger partial charge in [-0.15, -0.1) is 0 Å². The molecule has 1 amide bonds.